The molecule has 0 spiro atoms. The van der Waals surface area contributed by atoms with Gasteiger partial charge >= 0.3 is 0 Å². The Labute approximate surface area is 200 Å². The molecule has 0 radical (unpaired) electrons. The van der Waals surface area contributed by atoms with Gasteiger partial charge in [-0.2, -0.15) is 9.61 Å². The molecule has 5 rings (SSSR count). The number of aryl methyl sites for hydroxylation is 2. The van der Waals surface area contributed by atoms with Crippen molar-refractivity contribution < 1.29 is 9.47 Å². The number of anilines is 1. The van der Waals surface area contributed by atoms with E-state index >= 15 is 0 Å². The number of hydrogen-bond acceptors (Lipinski definition) is 6. The molecule has 0 N–H and O–H groups in total. The van der Waals surface area contributed by atoms with Crippen molar-refractivity contribution in [2.24, 2.45) is 0 Å². The molecule has 1 aliphatic rings. The second-order valence-corrected chi connectivity index (χ2v) is 8.67. The van der Waals surface area contributed by atoms with Gasteiger partial charge in [0.15, 0.2) is 5.65 Å². The molecule has 0 bridgehead atoms. The Kier molecular flexibility index (Phi) is 6.36. The predicted octanol–water partition coefficient (Wildman–Crippen LogP) is 4.22. The molecule has 4 aromatic rings. The second-order valence-electron chi connectivity index (χ2n) is 8.67. The number of benzene rings is 2. The highest BCUT2D eigenvalue weighted by atomic mass is 16.5. The van der Waals surface area contributed by atoms with E-state index in [1.165, 1.54) is 0 Å². The van der Waals surface area contributed by atoms with Crippen LogP contribution in [0.25, 0.3) is 16.8 Å². The molecule has 176 valence electrons. The highest BCUT2D eigenvalue weighted by Crippen LogP contribution is 2.30. The van der Waals surface area contributed by atoms with Crippen LogP contribution in [0.2, 0.25) is 0 Å². The Bertz CT molecular complexity index is 1260. The maximum atomic E-state index is 5.94. The normalized spacial score (nSPS) is 14.5. The summed E-state index contributed by atoms with van der Waals surface area (Å²) >= 11 is 0. The van der Waals surface area contributed by atoms with Crippen LogP contribution < -0.4 is 14.4 Å². The summed E-state index contributed by atoms with van der Waals surface area (Å²) in [5, 5.41) is 4.89. The van der Waals surface area contributed by atoms with Crippen LogP contribution in [0.1, 0.15) is 11.4 Å². The van der Waals surface area contributed by atoms with Gasteiger partial charge in [-0.1, -0.05) is 36.4 Å². The van der Waals surface area contributed by atoms with Crippen LogP contribution in [0.15, 0.2) is 60.7 Å². The topological polar surface area (TPSA) is 55.1 Å². The van der Waals surface area contributed by atoms with Gasteiger partial charge in [0.05, 0.1) is 12.8 Å². The third-order valence-corrected chi connectivity index (χ3v) is 6.35. The third-order valence-electron chi connectivity index (χ3n) is 6.35. The Morgan fingerprint density at radius 1 is 0.882 bits per heavy atom. The molecule has 2 aromatic heterocycles. The van der Waals surface area contributed by atoms with Gasteiger partial charge in [0.1, 0.15) is 23.9 Å². The van der Waals surface area contributed by atoms with Crippen LogP contribution in [0.4, 0.5) is 5.82 Å². The van der Waals surface area contributed by atoms with Crippen LogP contribution in [-0.4, -0.2) is 65.9 Å². The number of aromatic nitrogens is 3. The SMILES string of the molecule is COc1cccc(OCCN2CCN(c3cc(C)nc4c(-c5ccccc5)c(C)nn34)CC2)c1. The van der Waals surface area contributed by atoms with Crippen molar-refractivity contribution in [1.82, 2.24) is 19.5 Å². The molecule has 2 aromatic carbocycles. The summed E-state index contributed by atoms with van der Waals surface area (Å²) in [6.45, 7) is 9.53. The van der Waals surface area contributed by atoms with E-state index in [1.807, 2.05) is 34.8 Å². The lowest BCUT2D eigenvalue weighted by Gasteiger charge is -2.36. The Hall–Kier alpha value is -3.58. The third kappa shape index (κ3) is 4.56. The fraction of sp³-hybridized carbons (Fsp3) is 0.333. The highest BCUT2D eigenvalue weighted by molar-refractivity contribution is 5.81. The van der Waals surface area contributed by atoms with E-state index in [1.54, 1.807) is 7.11 Å². The quantitative estimate of drug-likeness (QED) is 0.414. The van der Waals surface area contributed by atoms with Gasteiger partial charge in [0.2, 0.25) is 0 Å². The average Bonchev–Trinajstić information content (AvgIpc) is 3.20. The first-order valence-corrected chi connectivity index (χ1v) is 11.8. The van der Waals surface area contributed by atoms with Gasteiger partial charge in [-0.15, -0.1) is 0 Å². The van der Waals surface area contributed by atoms with Gasteiger partial charge in [-0.25, -0.2) is 4.98 Å². The zero-order valence-electron chi connectivity index (χ0n) is 20.1. The van der Waals surface area contributed by atoms with E-state index < -0.39 is 0 Å². The molecule has 7 nitrogen and oxygen atoms in total. The smallest absolute Gasteiger partial charge is 0.165 e. The zero-order valence-corrected chi connectivity index (χ0v) is 20.1. The monoisotopic (exact) mass is 457 g/mol. The molecule has 0 aliphatic carbocycles. The van der Waals surface area contributed by atoms with Gasteiger partial charge in [-0.05, 0) is 31.5 Å². The molecular formula is C27H31N5O2. The molecule has 1 aliphatic heterocycles. The van der Waals surface area contributed by atoms with E-state index in [2.05, 4.69) is 54.0 Å². The van der Waals surface area contributed by atoms with Crippen LogP contribution >= 0.6 is 0 Å². The Morgan fingerprint density at radius 3 is 2.41 bits per heavy atom. The predicted molar refractivity (Wildman–Crippen MR) is 135 cm³/mol. The number of hydrogen-bond donors (Lipinski definition) is 0. The van der Waals surface area contributed by atoms with Crippen LogP contribution in [0.5, 0.6) is 11.5 Å². The van der Waals surface area contributed by atoms with Crippen molar-refractivity contribution in [3.63, 3.8) is 0 Å². The number of nitrogens with zero attached hydrogens (tertiary/aromatic N) is 5. The number of ether oxygens (including phenoxy) is 2. The van der Waals surface area contributed by atoms with Crippen molar-refractivity contribution in [3.05, 3.63) is 72.1 Å². The maximum absolute atomic E-state index is 5.94. The summed E-state index contributed by atoms with van der Waals surface area (Å²) in [5.74, 6) is 2.77. The van der Waals surface area contributed by atoms with Crippen molar-refractivity contribution in [3.8, 4) is 22.6 Å². The molecule has 0 atom stereocenters. The van der Waals surface area contributed by atoms with Gasteiger partial charge in [-0.3, -0.25) is 4.90 Å². The lowest BCUT2D eigenvalue weighted by atomic mass is 10.1. The molecule has 0 unspecified atom stereocenters. The molecule has 1 fully saturated rings. The molecule has 0 saturated carbocycles. The largest absolute Gasteiger partial charge is 0.497 e. The van der Waals surface area contributed by atoms with E-state index in [0.717, 1.165) is 78.2 Å². The first kappa shape index (κ1) is 22.2. The standard InChI is InChI=1S/C27H31N5O2/c1-20-18-25(32-27(28-20)26(21(2)29-32)22-8-5-4-6-9-22)31-14-12-30(13-15-31)16-17-34-24-11-7-10-23(19-24)33-3/h4-11,18-19H,12-17H2,1-3H3. The molecule has 7 heteroatoms. The minimum atomic E-state index is 0.657. The van der Waals surface area contributed by atoms with Crippen LogP contribution in [0.3, 0.4) is 0 Å². The lowest BCUT2D eigenvalue weighted by Crippen LogP contribution is -2.48. The van der Waals surface area contributed by atoms with Crippen molar-refractivity contribution in [1.29, 1.82) is 0 Å². The van der Waals surface area contributed by atoms with E-state index in [4.69, 9.17) is 19.6 Å². The van der Waals surface area contributed by atoms with Crippen LogP contribution in [0, 0.1) is 13.8 Å². The number of fused-ring (bicyclic) bond motifs is 1. The minimum Gasteiger partial charge on any atom is -0.497 e. The first-order chi connectivity index (χ1) is 16.6. The zero-order chi connectivity index (χ0) is 23.5. The summed E-state index contributed by atoms with van der Waals surface area (Å²) in [6.07, 6.45) is 0. The molecule has 34 heavy (non-hydrogen) atoms. The summed E-state index contributed by atoms with van der Waals surface area (Å²) in [4.78, 5) is 9.73. The summed E-state index contributed by atoms with van der Waals surface area (Å²) < 4.78 is 13.2. The summed E-state index contributed by atoms with van der Waals surface area (Å²) in [5.41, 5.74) is 5.19. The lowest BCUT2D eigenvalue weighted by molar-refractivity contribution is 0.200. The van der Waals surface area contributed by atoms with E-state index in [9.17, 15) is 0 Å². The van der Waals surface area contributed by atoms with E-state index in [0.29, 0.717) is 6.61 Å². The maximum Gasteiger partial charge on any atom is 0.165 e. The van der Waals surface area contributed by atoms with Gasteiger partial charge in [0, 0.05) is 56.1 Å². The average molecular weight is 458 g/mol. The molecule has 3 heterocycles. The first-order valence-electron chi connectivity index (χ1n) is 11.8. The van der Waals surface area contributed by atoms with Crippen molar-refractivity contribution in [2.75, 3.05) is 51.3 Å². The fourth-order valence-electron chi connectivity index (χ4n) is 4.58. The van der Waals surface area contributed by atoms with Gasteiger partial charge in [0.25, 0.3) is 0 Å². The summed E-state index contributed by atoms with van der Waals surface area (Å²) in [7, 11) is 1.67. The highest BCUT2D eigenvalue weighted by Gasteiger charge is 2.22. The number of rotatable bonds is 7. The molecule has 1 saturated heterocycles. The fourth-order valence-corrected chi connectivity index (χ4v) is 4.58. The Morgan fingerprint density at radius 2 is 1.65 bits per heavy atom. The van der Waals surface area contributed by atoms with Crippen LogP contribution in [-0.2, 0) is 0 Å². The van der Waals surface area contributed by atoms with Crippen molar-refractivity contribution in [2.45, 2.75) is 13.8 Å². The van der Waals surface area contributed by atoms with Gasteiger partial charge < -0.3 is 14.4 Å². The molecule has 0 amide bonds. The summed E-state index contributed by atoms with van der Waals surface area (Å²) in [6, 6.07) is 20.3. The Balaban J connectivity index is 1.27. The number of methoxy groups -OCH3 is 1. The minimum absolute atomic E-state index is 0.657. The van der Waals surface area contributed by atoms with Crippen molar-refractivity contribution >= 4 is 11.5 Å². The van der Waals surface area contributed by atoms with E-state index in [-0.39, 0.29) is 0 Å². The number of piperazine rings is 1. The molecular weight excluding hydrogens is 426 g/mol. The second kappa shape index (κ2) is 9.73.